The van der Waals surface area contributed by atoms with E-state index in [0.29, 0.717) is 19.7 Å². The number of rotatable bonds is 3. The van der Waals surface area contributed by atoms with Crippen molar-refractivity contribution < 1.29 is 17.9 Å². The lowest BCUT2D eigenvalue weighted by molar-refractivity contribution is -0.0125. The number of nitrogens with zero attached hydrogens (tertiary/aromatic N) is 1. The number of sulfone groups is 1. The van der Waals surface area contributed by atoms with Gasteiger partial charge < -0.3 is 9.64 Å². The monoisotopic (exact) mass is 297 g/mol. The largest absolute Gasteiger partial charge is 0.375 e. The number of carbonyl (C=O) groups excluding carboxylic acids is 1. The van der Waals surface area contributed by atoms with E-state index in [2.05, 4.69) is 0 Å². The highest BCUT2D eigenvalue weighted by molar-refractivity contribution is 7.91. The lowest BCUT2D eigenvalue weighted by atomic mass is 10.2. The highest BCUT2D eigenvalue weighted by atomic mass is 32.2. The molecule has 1 fully saturated rings. The molecule has 0 unspecified atom stereocenters. The number of morpholine rings is 1. The predicted octanol–water partition coefficient (Wildman–Crippen LogP) is 1.34. The van der Waals surface area contributed by atoms with Crippen molar-refractivity contribution in [2.45, 2.75) is 24.8 Å². The molecule has 1 aromatic rings. The zero-order valence-electron chi connectivity index (χ0n) is 11.7. The zero-order chi connectivity index (χ0) is 14.8. The van der Waals surface area contributed by atoms with Crippen molar-refractivity contribution in [3.63, 3.8) is 0 Å². The minimum Gasteiger partial charge on any atom is -0.375 e. The van der Waals surface area contributed by atoms with Gasteiger partial charge in [0.05, 0.1) is 28.9 Å². The molecule has 1 aromatic carbocycles. The zero-order valence-corrected chi connectivity index (χ0v) is 12.5. The van der Waals surface area contributed by atoms with E-state index in [1.54, 1.807) is 30.0 Å². The number of carbonyl (C=O) groups is 1. The lowest BCUT2D eigenvalue weighted by Crippen LogP contribution is -2.44. The molecule has 20 heavy (non-hydrogen) atoms. The third kappa shape index (κ3) is 3.02. The molecule has 2 rings (SSSR count). The van der Waals surface area contributed by atoms with E-state index in [0.717, 1.165) is 0 Å². The van der Waals surface area contributed by atoms with Gasteiger partial charge in [-0.15, -0.1) is 0 Å². The summed E-state index contributed by atoms with van der Waals surface area (Å²) in [5.41, 5.74) is 0.253. The van der Waals surface area contributed by atoms with E-state index in [-0.39, 0.29) is 28.2 Å². The van der Waals surface area contributed by atoms with Crippen molar-refractivity contribution in [2.24, 2.45) is 0 Å². The average molecular weight is 297 g/mol. The summed E-state index contributed by atoms with van der Waals surface area (Å²) in [5.74, 6) is -0.260. The fourth-order valence-electron chi connectivity index (χ4n) is 2.24. The highest BCUT2D eigenvalue weighted by Crippen LogP contribution is 2.20. The summed E-state index contributed by atoms with van der Waals surface area (Å²) in [7, 11) is -3.40. The van der Waals surface area contributed by atoms with Gasteiger partial charge in [-0.2, -0.15) is 0 Å². The molecule has 0 radical (unpaired) electrons. The van der Waals surface area contributed by atoms with Gasteiger partial charge in [0.1, 0.15) is 0 Å². The van der Waals surface area contributed by atoms with E-state index in [9.17, 15) is 13.2 Å². The van der Waals surface area contributed by atoms with Crippen LogP contribution in [0.4, 0.5) is 0 Å². The molecule has 1 saturated heterocycles. The summed E-state index contributed by atoms with van der Waals surface area (Å²) in [5, 5.41) is 0. The van der Waals surface area contributed by atoms with Crippen molar-refractivity contribution in [1.29, 1.82) is 0 Å². The minimum absolute atomic E-state index is 0.0171. The summed E-state index contributed by atoms with van der Waals surface area (Å²) in [6.07, 6.45) is -0.0253. The van der Waals surface area contributed by atoms with Gasteiger partial charge in [-0.25, -0.2) is 8.42 Å². The van der Waals surface area contributed by atoms with Crippen LogP contribution in [0.2, 0.25) is 0 Å². The summed E-state index contributed by atoms with van der Waals surface area (Å²) >= 11 is 0. The van der Waals surface area contributed by atoms with Gasteiger partial charge in [0.15, 0.2) is 9.84 Å². The maximum absolute atomic E-state index is 12.5. The number of amides is 1. The Morgan fingerprint density at radius 1 is 1.40 bits per heavy atom. The Kier molecular flexibility index (Phi) is 4.45. The predicted molar refractivity (Wildman–Crippen MR) is 75.5 cm³/mol. The van der Waals surface area contributed by atoms with Crippen LogP contribution >= 0.6 is 0 Å². The van der Waals surface area contributed by atoms with Crippen molar-refractivity contribution in [2.75, 3.05) is 25.4 Å². The normalized spacial score (nSPS) is 19.9. The first kappa shape index (κ1) is 15.0. The summed E-state index contributed by atoms with van der Waals surface area (Å²) < 4.78 is 29.6. The molecule has 6 heteroatoms. The van der Waals surface area contributed by atoms with Gasteiger partial charge in [-0.3, -0.25) is 4.79 Å². The molecule has 5 nitrogen and oxygen atoms in total. The average Bonchev–Trinajstić information content (AvgIpc) is 2.46. The Labute approximate surface area is 119 Å². The molecule has 1 atom stereocenters. The molecule has 110 valence electrons. The number of hydrogen-bond acceptors (Lipinski definition) is 4. The van der Waals surface area contributed by atoms with E-state index in [1.165, 1.54) is 6.07 Å². The van der Waals surface area contributed by atoms with Crippen molar-refractivity contribution in [3.05, 3.63) is 29.8 Å². The fraction of sp³-hybridized carbons (Fsp3) is 0.500. The smallest absolute Gasteiger partial charge is 0.255 e. The molecule has 0 spiro atoms. The van der Waals surface area contributed by atoms with E-state index < -0.39 is 9.84 Å². The Balaban J connectivity index is 2.35. The summed E-state index contributed by atoms with van der Waals surface area (Å²) in [6.45, 7) is 4.93. The topological polar surface area (TPSA) is 63.7 Å². The highest BCUT2D eigenvalue weighted by Gasteiger charge is 2.27. The van der Waals surface area contributed by atoms with Crippen LogP contribution in [0.15, 0.2) is 29.2 Å². The van der Waals surface area contributed by atoms with Crippen LogP contribution in [0, 0.1) is 0 Å². The molecule has 0 aromatic heterocycles. The molecule has 0 N–H and O–H groups in total. The third-order valence-corrected chi connectivity index (χ3v) is 5.15. The van der Waals surface area contributed by atoms with Gasteiger partial charge in [-0.05, 0) is 19.1 Å². The van der Waals surface area contributed by atoms with Crippen molar-refractivity contribution in [3.8, 4) is 0 Å². The molecule has 1 aliphatic heterocycles. The molecule has 0 aliphatic carbocycles. The van der Waals surface area contributed by atoms with Crippen LogP contribution in [0.25, 0.3) is 0 Å². The van der Waals surface area contributed by atoms with Gasteiger partial charge in [0.25, 0.3) is 5.91 Å². The standard InChI is InChI=1S/C14H19NO4S/c1-3-20(17,18)13-7-5-4-6-12(13)14(16)15-8-9-19-11(2)10-15/h4-7,11H,3,8-10H2,1-2H3/t11-/m0/s1. The maximum atomic E-state index is 12.5. The Bertz CT molecular complexity index is 597. The van der Waals surface area contributed by atoms with Gasteiger partial charge >= 0.3 is 0 Å². The minimum atomic E-state index is -3.40. The first-order valence-corrected chi connectivity index (χ1v) is 8.33. The van der Waals surface area contributed by atoms with Crippen molar-refractivity contribution >= 4 is 15.7 Å². The van der Waals surface area contributed by atoms with Crippen LogP contribution in [-0.2, 0) is 14.6 Å². The van der Waals surface area contributed by atoms with Crippen molar-refractivity contribution in [1.82, 2.24) is 4.90 Å². The first-order valence-electron chi connectivity index (χ1n) is 6.68. The summed E-state index contributed by atoms with van der Waals surface area (Å²) in [4.78, 5) is 14.3. The first-order chi connectivity index (χ1) is 9.45. The van der Waals surface area contributed by atoms with E-state index in [4.69, 9.17) is 4.74 Å². The Morgan fingerprint density at radius 2 is 2.10 bits per heavy atom. The number of hydrogen-bond donors (Lipinski definition) is 0. The van der Waals surface area contributed by atoms with Gasteiger partial charge in [0, 0.05) is 13.1 Å². The van der Waals surface area contributed by atoms with Crippen LogP contribution in [-0.4, -0.2) is 50.8 Å². The van der Waals surface area contributed by atoms with Crippen LogP contribution in [0.5, 0.6) is 0 Å². The van der Waals surface area contributed by atoms with E-state index in [1.807, 2.05) is 6.92 Å². The quantitative estimate of drug-likeness (QED) is 0.844. The van der Waals surface area contributed by atoms with E-state index >= 15 is 0 Å². The van der Waals surface area contributed by atoms with Crippen LogP contribution in [0.1, 0.15) is 24.2 Å². The van der Waals surface area contributed by atoms with Crippen LogP contribution < -0.4 is 0 Å². The lowest BCUT2D eigenvalue weighted by Gasteiger charge is -2.31. The molecule has 0 bridgehead atoms. The second kappa shape index (κ2) is 5.93. The number of ether oxygens (including phenoxy) is 1. The third-order valence-electron chi connectivity index (χ3n) is 3.36. The Hall–Kier alpha value is -1.40. The SMILES string of the molecule is CCS(=O)(=O)c1ccccc1C(=O)N1CCO[C@@H](C)C1. The molecule has 1 aliphatic rings. The molecule has 0 saturated carbocycles. The van der Waals surface area contributed by atoms with Crippen LogP contribution in [0.3, 0.4) is 0 Å². The molecule has 1 heterocycles. The van der Waals surface area contributed by atoms with Gasteiger partial charge in [0.2, 0.25) is 0 Å². The molecular weight excluding hydrogens is 278 g/mol. The fourth-order valence-corrected chi connectivity index (χ4v) is 3.33. The molecule has 1 amide bonds. The maximum Gasteiger partial charge on any atom is 0.255 e. The Morgan fingerprint density at radius 3 is 2.75 bits per heavy atom. The second-order valence-electron chi connectivity index (χ2n) is 4.83. The number of benzene rings is 1. The molecular formula is C14H19NO4S. The van der Waals surface area contributed by atoms with Gasteiger partial charge in [-0.1, -0.05) is 19.1 Å². The summed E-state index contributed by atoms with van der Waals surface area (Å²) in [6, 6.07) is 6.40. The second-order valence-corrected chi connectivity index (χ2v) is 7.08.